The van der Waals surface area contributed by atoms with Gasteiger partial charge in [0.1, 0.15) is 0 Å². The van der Waals surface area contributed by atoms with Gasteiger partial charge in [0.15, 0.2) is 5.96 Å². The van der Waals surface area contributed by atoms with Crippen LogP contribution in [0, 0.1) is 6.92 Å². The predicted octanol–water partition coefficient (Wildman–Crippen LogP) is 3.50. The van der Waals surface area contributed by atoms with E-state index in [0.717, 1.165) is 49.4 Å². The zero-order valence-electron chi connectivity index (χ0n) is 16.6. The first-order valence-electron chi connectivity index (χ1n) is 9.18. The lowest BCUT2D eigenvalue weighted by Gasteiger charge is -2.22. The molecule has 1 aromatic heterocycles. The molecule has 1 heterocycles. The molecule has 0 saturated carbocycles. The number of aliphatic imine (C=N–C) groups is 1. The van der Waals surface area contributed by atoms with E-state index in [2.05, 4.69) is 68.6 Å². The number of guanidine groups is 1. The fourth-order valence-corrected chi connectivity index (χ4v) is 3.51. The van der Waals surface area contributed by atoms with Crippen LogP contribution in [0.4, 0.5) is 0 Å². The minimum Gasteiger partial charge on any atom is -0.352 e. The van der Waals surface area contributed by atoms with E-state index in [9.17, 15) is 0 Å². The third-order valence-electron chi connectivity index (χ3n) is 4.38. The molecule has 0 unspecified atom stereocenters. The molecule has 0 aliphatic rings. The van der Waals surface area contributed by atoms with Gasteiger partial charge in [-0.05, 0) is 31.1 Å². The summed E-state index contributed by atoms with van der Waals surface area (Å²) in [5.41, 5.74) is 3.71. The Bertz CT molecular complexity index is 706. The van der Waals surface area contributed by atoms with E-state index >= 15 is 0 Å². The van der Waals surface area contributed by atoms with Gasteiger partial charge in [0, 0.05) is 32.6 Å². The molecule has 142 valence electrons. The molecule has 0 saturated heterocycles. The maximum Gasteiger partial charge on any atom is 0.194 e. The van der Waals surface area contributed by atoms with Gasteiger partial charge in [0.2, 0.25) is 0 Å². The number of rotatable bonds is 8. The smallest absolute Gasteiger partial charge is 0.194 e. The van der Waals surface area contributed by atoms with Crippen molar-refractivity contribution in [2.75, 3.05) is 27.2 Å². The van der Waals surface area contributed by atoms with Gasteiger partial charge in [-0.25, -0.2) is 4.98 Å². The molecule has 6 heteroatoms. The van der Waals surface area contributed by atoms with Gasteiger partial charge in [-0.1, -0.05) is 38.1 Å². The van der Waals surface area contributed by atoms with Gasteiger partial charge in [0.25, 0.3) is 0 Å². The van der Waals surface area contributed by atoms with Crippen molar-refractivity contribution in [1.29, 1.82) is 0 Å². The Morgan fingerprint density at radius 1 is 1.19 bits per heavy atom. The highest BCUT2D eigenvalue weighted by Gasteiger charge is 2.09. The highest BCUT2D eigenvalue weighted by Crippen LogP contribution is 2.11. The Morgan fingerprint density at radius 3 is 2.54 bits per heavy atom. The van der Waals surface area contributed by atoms with Gasteiger partial charge in [-0.2, -0.15) is 0 Å². The Morgan fingerprint density at radius 2 is 1.92 bits per heavy atom. The molecule has 0 bridgehead atoms. The van der Waals surface area contributed by atoms with Crippen LogP contribution in [0.3, 0.4) is 0 Å². The van der Waals surface area contributed by atoms with Crippen molar-refractivity contribution in [3.8, 4) is 0 Å². The number of nitrogens with one attached hydrogen (secondary N) is 1. The zero-order chi connectivity index (χ0) is 18.9. The number of aryl methyl sites for hydroxylation is 1. The normalized spacial score (nSPS) is 11.8. The molecule has 1 N–H and O–H groups in total. The summed E-state index contributed by atoms with van der Waals surface area (Å²) >= 11 is 1.68. The van der Waals surface area contributed by atoms with Gasteiger partial charge >= 0.3 is 0 Å². The van der Waals surface area contributed by atoms with Crippen molar-refractivity contribution < 1.29 is 0 Å². The van der Waals surface area contributed by atoms with Crippen molar-refractivity contribution in [2.24, 2.45) is 4.99 Å². The third kappa shape index (κ3) is 6.11. The predicted molar refractivity (Wildman–Crippen MR) is 112 cm³/mol. The maximum atomic E-state index is 4.53. The lowest BCUT2D eigenvalue weighted by molar-refractivity contribution is 0.296. The highest BCUT2D eigenvalue weighted by atomic mass is 32.1. The number of thiazole rings is 1. The fraction of sp³-hybridized carbons (Fsp3) is 0.500. The van der Waals surface area contributed by atoms with Crippen LogP contribution in [0.25, 0.3) is 0 Å². The zero-order valence-corrected chi connectivity index (χ0v) is 17.4. The van der Waals surface area contributed by atoms with Crippen LogP contribution in [-0.4, -0.2) is 47.9 Å². The van der Waals surface area contributed by atoms with E-state index < -0.39 is 0 Å². The number of hydrogen-bond acceptors (Lipinski definition) is 4. The summed E-state index contributed by atoms with van der Waals surface area (Å²) in [6, 6.07) is 8.78. The molecule has 0 spiro atoms. The molecule has 0 radical (unpaired) electrons. The second-order valence-corrected chi connectivity index (χ2v) is 7.46. The maximum absolute atomic E-state index is 4.53. The molecular weight excluding hydrogens is 342 g/mol. The highest BCUT2D eigenvalue weighted by molar-refractivity contribution is 7.09. The first kappa shape index (κ1) is 20.4. The molecule has 5 nitrogen and oxygen atoms in total. The lowest BCUT2D eigenvalue weighted by atomic mass is 10.1. The molecule has 26 heavy (non-hydrogen) atoms. The fourth-order valence-electron chi connectivity index (χ4n) is 2.91. The van der Waals surface area contributed by atoms with E-state index in [-0.39, 0.29) is 0 Å². The Kier molecular flexibility index (Phi) is 8.06. The molecular formula is C20H31N5S. The van der Waals surface area contributed by atoms with Crippen LogP contribution in [-0.2, 0) is 19.6 Å². The molecule has 2 rings (SSSR count). The van der Waals surface area contributed by atoms with Crippen LogP contribution in [0.5, 0.6) is 0 Å². The molecule has 2 aromatic rings. The quantitative estimate of drug-likeness (QED) is 0.568. The summed E-state index contributed by atoms with van der Waals surface area (Å²) < 4.78 is 0. The van der Waals surface area contributed by atoms with E-state index in [4.69, 9.17) is 0 Å². The minimum atomic E-state index is 0.756. The Labute approximate surface area is 161 Å². The molecule has 0 aliphatic heterocycles. The summed E-state index contributed by atoms with van der Waals surface area (Å²) in [4.78, 5) is 13.5. The first-order valence-corrected chi connectivity index (χ1v) is 10.1. The molecule has 0 atom stereocenters. The largest absolute Gasteiger partial charge is 0.352 e. The summed E-state index contributed by atoms with van der Waals surface area (Å²) in [6.45, 7) is 11.1. The number of benzene rings is 1. The summed E-state index contributed by atoms with van der Waals surface area (Å²) in [6.07, 6.45) is 0. The summed E-state index contributed by atoms with van der Waals surface area (Å²) in [5.74, 6) is 0.879. The number of nitrogens with zero attached hydrogens (tertiary/aromatic N) is 4. The lowest BCUT2D eigenvalue weighted by Crippen LogP contribution is -2.38. The van der Waals surface area contributed by atoms with Gasteiger partial charge in [-0.15, -0.1) is 11.3 Å². The van der Waals surface area contributed by atoms with E-state index in [0.29, 0.717) is 0 Å². The molecule has 0 aliphatic carbocycles. The molecule has 1 aromatic carbocycles. The van der Waals surface area contributed by atoms with Gasteiger partial charge in [0.05, 0.1) is 17.2 Å². The van der Waals surface area contributed by atoms with Gasteiger partial charge in [-0.3, -0.25) is 9.89 Å². The van der Waals surface area contributed by atoms with E-state index in [1.54, 1.807) is 11.3 Å². The monoisotopic (exact) mass is 373 g/mol. The van der Waals surface area contributed by atoms with Crippen molar-refractivity contribution in [3.63, 3.8) is 0 Å². The summed E-state index contributed by atoms with van der Waals surface area (Å²) in [5, 5.41) is 6.66. The van der Waals surface area contributed by atoms with Crippen molar-refractivity contribution in [3.05, 3.63) is 51.5 Å². The van der Waals surface area contributed by atoms with Crippen molar-refractivity contribution in [1.82, 2.24) is 20.1 Å². The topological polar surface area (TPSA) is 43.8 Å². The van der Waals surface area contributed by atoms with Crippen LogP contribution in [0.15, 0.2) is 34.6 Å². The second-order valence-electron chi connectivity index (χ2n) is 6.40. The van der Waals surface area contributed by atoms with E-state index in [1.165, 1.54) is 11.1 Å². The van der Waals surface area contributed by atoms with Crippen molar-refractivity contribution >= 4 is 17.3 Å². The number of hydrogen-bond donors (Lipinski definition) is 1. The second kappa shape index (κ2) is 10.3. The van der Waals surface area contributed by atoms with Crippen LogP contribution >= 0.6 is 11.3 Å². The SMILES string of the molecule is CCN(CC)Cc1cccc(CNC(=NC)N(C)Cc2csc(C)n2)c1. The average molecular weight is 374 g/mol. The first-order chi connectivity index (χ1) is 12.5. The van der Waals surface area contributed by atoms with Crippen LogP contribution in [0.1, 0.15) is 35.7 Å². The van der Waals surface area contributed by atoms with E-state index in [1.807, 2.05) is 21.0 Å². The summed E-state index contributed by atoms with van der Waals surface area (Å²) in [7, 11) is 3.86. The standard InChI is InChI=1S/C20H31N5S/c1-6-25(7-2)13-18-10-8-9-17(11-18)12-22-20(21-4)24(5)14-19-15-26-16(3)23-19/h8-11,15H,6-7,12-14H2,1-5H3,(H,21,22). The number of aromatic nitrogens is 1. The average Bonchev–Trinajstić information content (AvgIpc) is 3.05. The molecule has 0 fully saturated rings. The van der Waals surface area contributed by atoms with Crippen molar-refractivity contribution in [2.45, 2.75) is 40.4 Å². The third-order valence-corrected chi connectivity index (χ3v) is 5.20. The van der Waals surface area contributed by atoms with Gasteiger partial charge < -0.3 is 10.2 Å². The Hall–Kier alpha value is -1.92. The minimum absolute atomic E-state index is 0.756. The molecule has 0 amide bonds. The van der Waals surface area contributed by atoms with Crippen LogP contribution < -0.4 is 5.32 Å². The van der Waals surface area contributed by atoms with Crippen LogP contribution in [0.2, 0.25) is 0 Å². The Balaban J connectivity index is 1.93.